The minimum Gasteiger partial charge on any atom is -0.316 e. The molecule has 1 N–H and O–H groups in total. The molecule has 0 aliphatic carbocycles. The molecule has 1 unspecified atom stereocenters. The average Bonchev–Trinajstić information content (AvgIpc) is 2.74. The first-order chi connectivity index (χ1) is 10.1. The van der Waals surface area contributed by atoms with Crippen LogP contribution in [-0.4, -0.2) is 22.9 Å². The standard InChI is InChI=1S/C17H24ClN3/c1-4-19-12-15(14-8-6-5-7-9-14)10-11-16-17(18)13(2)20-21(16)3/h5-9,15,19H,4,10-12H2,1-3H3. The van der Waals surface area contributed by atoms with Crippen molar-refractivity contribution in [1.29, 1.82) is 0 Å². The summed E-state index contributed by atoms with van der Waals surface area (Å²) in [6.45, 7) is 6.09. The van der Waals surface area contributed by atoms with Crippen molar-refractivity contribution in [2.24, 2.45) is 7.05 Å². The average molecular weight is 306 g/mol. The monoisotopic (exact) mass is 305 g/mol. The lowest BCUT2D eigenvalue weighted by molar-refractivity contribution is 0.549. The van der Waals surface area contributed by atoms with E-state index in [2.05, 4.69) is 47.7 Å². The van der Waals surface area contributed by atoms with Crippen molar-refractivity contribution in [3.63, 3.8) is 0 Å². The van der Waals surface area contributed by atoms with Crippen LogP contribution >= 0.6 is 11.6 Å². The molecule has 0 saturated carbocycles. The van der Waals surface area contributed by atoms with E-state index in [1.165, 1.54) is 5.56 Å². The van der Waals surface area contributed by atoms with E-state index in [-0.39, 0.29) is 0 Å². The number of hydrogen-bond donors (Lipinski definition) is 1. The quantitative estimate of drug-likeness (QED) is 0.845. The van der Waals surface area contributed by atoms with Gasteiger partial charge < -0.3 is 5.32 Å². The molecule has 0 spiro atoms. The Morgan fingerprint density at radius 2 is 2.00 bits per heavy atom. The summed E-state index contributed by atoms with van der Waals surface area (Å²) < 4.78 is 1.91. The molecule has 2 aromatic rings. The van der Waals surface area contributed by atoms with Gasteiger partial charge in [0.1, 0.15) is 0 Å². The van der Waals surface area contributed by atoms with Gasteiger partial charge in [-0.1, -0.05) is 48.9 Å². The predicted octanol–water partition coefficient (Wildman–Crippen LogP) is 3.71. The minimum atomic E-state index is 0.498. The fourth-order valence-electron chi connectivity index (χ4n) is 2.69. The number of halogens is 1. The van der Waals surface area contributed by atoms with E-state index in [1.807, 2.05) is 18.7 Å². The maximum Gasteiger partial charge on any atom is 0.0846 e. The first-order valence-electron chi connectivity index (χ1n) is 7.57. The van der Waals surface area contributed by atoms with Gasteiger partial charge in [0.25, 0.3) is 0 Å². The first-order valence-corrected chi connectivity index (χ1v) is 7.94. The van der Waals surface area contributed by atoms with Crippen molar-refractivity contribution in [1.82, 2.24) is 15.1 Å². The molecule has 0 amide bonds. The molecular formula is C17H24ClN3. The third kappa shape index (κ3) is 4.08. The molecule has 114 valence electrons. The number of hydrogen-bond acceptors (Lipinski definition) is 2. The Kier molecular flexibility index (Phi) is 5.83. The van der Waals surface area contributed by atoms with E-state index in [0.29, 0.717) is 5.92 Å². The number of benzene rings is 1. The molecule has 3 nitrogen and oxygen atoms in total. The summed E-state index contributed by atoms with van der Waals surface area (Å²) in [4.78, 5) is 0. The van der Waals surface area contributed by atoms with Gasteiger partial charge in [0.15, 0.2) is 0 Å². The van der Waals surface area contributed by atoms with Gasteiger partial charge in [-0.25, -0.2) is 0 Å². The Bertz CT molecular complexity index is 563. The minimum absolute atomic E-state index is 0.498. The van der Waals surface area contributed by atoms with Crippen LogP contribution in [0.1, 0.15) is 36.2 Å². The van der Waals surface area contributed by atoms with Crippen LogP contribution in [-0.2, 0) is 13.5 Å². The van der Waals surface area contributed by atoms with Crippen molar-refractivity contribution >= 4 is 11.6 Å². The number of nitrogens with one attached hydrogen (secondary N) is 1. The van der Waals surface area contributed by atoms with Gasteiger partial charge in [-0.2, -0.15) is 5.10 Å². The smallest absolute Gasteiger partial charge is 0.0846 e. The summed E-state index contributed by atoms with van der Waals surface area (Å²) in [6.07, 6.45) is 2.01. The molecule has 0 radical (unpaired) electrons. The normalized spacial score (nSPS) is 12.6. The predicted molar refractivity (Wildman–Crippen MR) is 89.0 cm³/mol. The topological polar surface area (TPSA) is 29.9 Å². The number of aryl methyl sites for hydroxylation is 2. The van der Waals surface area contributed by atoms with Gasteiger partial charge >= 0.3 is 0 Å². The van der Waals surface area contributed by atoms with Gasteiger partial charge in [0, 0.05) is 13.6 Å². The Morgan fingerprint density at radius 3 is 2.57 bits per heavy atom. The Labute approximate surface area is 132 Å². The van der Waals surface area contributed by atoms with E-state index < -0.39 is 0 Å². The maximum absolute atomic E-state index is 6.35. The summed E-state index contributed by atoms with van der Waals surface area (Å²) in [5, 5.41) is 8.67. The maximum atomic E-state index is 6.35. The van der Waals surface area contributed by atoms with E-state index in [4.69, 9.17) is 11.6 Å². The zero-order valence-electron chi connectivity index (χ0n) is 13.1. The van der Waals surface area contributed by atoms with Crippen molar-refractivity contribution in [2.45, 2.75) is 32.6 Å². The molecular weight excluding hydrogens is 282 g/mol. The van der Waals surface area contributed by atoms with Crippen molar-refractivity contribution < 1.29 is 0 Å². The zero-order chi connectivity index (χ0) is 15.2. The van der Waals surface area contributed by atoms with Crippen LogP contribution in [0.4, 0.5) is 0 Å². The fraction of sp³-hybridized carbons (Fsp3) is 0.471. The van der Waals surface area contributed by atoms with Crippen LogP contribution in [0.15, 0.2) is 30.3 Å². The lowest BCUT2D eigenvalue weighted by Crippen LogP contribution is -2.22. The molecule has 0 bridgehead atoms. The van der Waals surface area contributed by atoms with Gasteiger partial charge in [0.2, 0.25) is 0 Å². The number of likely N-dealkylation sites (N-methyl/N-ethyl adjacent to an activating group) is 1. The Balaban J connectivity index is 2.09. The highest BCUT2D eigenvalue weighted by Gasteiger charge is 2.15. The summed E-state index contributed by atoms with van der Waals surface area (Å²) in [5.41, 5.74) is 3.43. The first kappa shape index (κ1) is 16.1. The third-order valence-corrected chi connectivity index (χ3v) is 4.39. The molecule has 2 rings (SSSR count). The Morgan fingerprint density at radius 1 is 1.29 bits per heavy atom. The van der Waals surface area contributed by atoms with Gasteiger partial charge in [-0.3, -0.25) is 4.68 Å². The summed E-state index contributed by atoms with van der Waals surface area (Å²) in [6, 6.07) is 10.7. The van der Waals surface area contributed by atoms with Crippen LogP contribution < -0.4 is 5.32 Å². The van der Waals surface area contributed by atoms with Crippen molar-refractivity contribution in [3.8, 4) is 0 Å². The third-order valence-electron chi connectivity index (χ3n) is 3.90. The second-order valence-corrected chi connectivity index (χ2v) is 5.80. The molecule has 1 aromatic heterocycles. The molecule has 0 saturated heterocycles. The number of rotatable bonds is 7. The van der Waals surface area contributed by atoms with E-state index in [1.54, 1.807) is 0 Å². The summed E-state index contributed by atoms with van der Waals surface area (Å²) >= 11 is 6.35. The van der Waals surface area contributed by atoms with Crippen LogP contribution in [0, 0.1) is 6.92 Å². The van der Waals surface area contributed by atoms with Crippen LogP contribution in [0.25, 0.3) is 0 Å². The van der Waals surface area contributed by atoms with Crippen LogP contribution in [0.2, 0.25) is 5.02 Å². The molecule has 0 fully saturated rings. The SMILES string of the molecule is CCNCC(CCc1c(Cl)c(C)nn1C)c1ccccc1. The van der Waals surface area contributed by atoms with Gasteiger partial charge in [-0.05, 0) is 37.8 Å². The van der Waals surface area contributed by atoms with Crippen molar-refractivity contribution in [3.05, 3.63) is 52.3 Å². The zero-order valence-corrected chi connectivity index (χ0v) is 13.8. The molecule has 0 aliphatic rings. The second-order valence-electron chi connectivity index (χ2n) is 5.42. The summed E-state index contributed by atoms with van der Waals surface area (Å²) in [7, 11) is 1.97. The van der Waals surface area contributed by atoms with E-state index in [9.17, 15) is 0 Å². The molecule has 0 aliphatic heterocycles. The highest BCUT2D eigenvalue weighted by molar-refractivity contribution is 6.31. The molecule has 1 atom stereocenters. The van der Waals surface area contributed by atoms with Crippen molar-refractivity contribution in [2.75, 3.05) is 13.1 Å². The van der Waals surface area contributed by atoms with Crippen LogP contribution in [0.5, 0.6) is 0 Å². The Hall–Kier alpha value is -1.32. The highest BCUT2D eigenvalue weighted by atomic mass is 35.5. The van der Waals surface area contributed by atoms with Gasteiger partial charge in [-0.15, -0.1) is 0 Å². The number of aromatic nitrogens is 2. The number of nitrogens with zero attached hydrogens (tertiary/aromatic N) is 2. The molecule has 1 aromatic carbocycles. The molecule has 4 heteroatoms. The fourth-order valence-corrected chi connectivity index (χ4v) is 2.95. The lowest BCUT2D eigenvalue weighted by Gasteiger charge is -2.18. The van der Waals surface area contributed by atoms with Gasteiger partial charge in [0.05, 0.1) is 16.4 Å². The molecule has 21 heavy (non-hydrogen) atoms. The van der Waals surface area contributed by atoms with E-state index >= 15 is 0 Å². The highest BCUT2D eigenvalue weighted by Crippen LogP contribution is 2.25. The largest absolute Gasteiger partial charge is 0.316 e. The lowest BCUT2D eigenvalue weighted by atomic mass is 9.93. The van der Waals surface area contributed by atoms with E-state index in [0.717, 1.165) is 42.3 Å². The summed E-state index contributed by atoms with van der Waals surface area (Å²) in [5.74, 6) is 0.498. The second kappa shape index (κ2) is 7.62. The molecule has 1 heterocycles. The van der Waals surface area contributed by atoms with Crippen LogP contribution in [0.3, 0.4) is 0 Å².